The highest BCUT2D eigenvalue weighted by atomic mass is 79.9. The lowest BCUT2D eigenvalue weighted by Gasteiger charge is -2.17. The van der Waals surface area contributed by atoms with E-state index in [2.05, 4.69) is 26.0 Å². The van der Waals surface area contributed by atoms with Gasteiger partial charge in [-0.05, 0) is 43.2 Å². The Morgan fingerprint density at radius 3 is 2.40 bits per heavy atom. The van der Waals surface area contributed by atoms with Crippen molar-refractivity contribution < 1.29 is 23.2 Å². The summed E-state index contributed by atoms with van der Waals surface area (Å²) >= 11 is 3.21. The molecule has 2 aromatic rings. The number of carbonyl (C=O) groups excluding carboxylic acids is 2. The minimum atomic E-state index is -3.94. The SMILES string of the molecule is O=C(CCCCC[C@H](NS(=O)(=O)c1cccc(Br)c1)C(=O)NO)Nc1ccccc1. The van der Waals surface area contributed by atoms with Gasteiger partial charge in [0, 0.05) is 16.6 Å². The van der Waals surface area contributed by atoms with Crippen molar-refractivity contribution in [2.45, 2.75) is 43.0 Å². The second kappa shape index (κ2) is 11.8. The Labute approximate surface area is 184 Å². The van der Waals surface area contributed by atoms with Crippen molar-refractivity contribution in [3.63, 3.8) is 0 Å². The Kier molecular flexibility index (Phi) is 9.44. The Morgan fingerprint density at radius 2 is 1.73 bits per heavy atom. The predicted octanol–water partition coefficient (Wildman–Crippen LogP) is 3.19. The van der Waals surface area contributed by atoms with Crippen molar-refractivity contribution in [3.05, 3.63) is 59.1 Å². The molecule has 0 aliphatic carbocycles. The van der Waals surface area contributed by atoms with E-state index in [1.54, 1.807) is 24.3 Å². The largest absolute Gasteiger partial charge is 0.326 e. The van der Waals surface area contributed by atoms with E-state index in [4.69, 9.17) is 5.21 Å². The van der Waals surface area contributed by atoms with Crippen LogP contribution in [0.5, 0.6) is 0 Å². The smallest absolute Gasteiger partial charge is 0.261 e. The zero-order valence-corrected chi connectivity index (χ0v) is 18.6. The van der Waals surface area contributed by atoms with E-state index < -0.39 is 22.0 Å². The summed E-state index contributed by atoms with van der Waals surface area (Å²) in [5.74, 6) is -0.948. The van der Waals surface area contributed by atoms with Gasteiger partial charge in [0.2, 0.25) is 15.9 Å². The third kappa shape index (κ3) is 7.86. The molecule has 1 atom stereocenters. The maximum absolute atomic E-state index is 12.5. The van der Waals surface area contributed by atoms with Crippen LogP contribution >= 0.6 is 15.9 Å². The monoisotopic (exact) mass is 497 g/mol. The molecule has 8 nitrogen and oxygen atoms in total. The lowest BCUT2D eigenvalue weighted by atomic mass is 10.1. The molecule has 0 bridgehead atoms. The van der Waals surface area contributed by atoms with Crippen LogP contribution in [0.3, 0.4) is 0 Å². The Hall–Kier alpha value is -2.27. The number of rotatable bonds is 11. The number of halogens is 1. The van der Waals surface area contributed by atoms with E-state index in [9.17, 15) is 18.0 Å². The van der Waals surface area contributed by atoms with Crippen LogP contribution in [0.1, 0.15) is 32.1 Å². The molecular weight excluding hydrogens is 474 g/mol. The van der Waals surface area contributed by atoms with E-state index in [0.717, 1.165) is 5.69 Å². The van der Waals surface area contributed by atoms with E-state index in [1.807, 2.05) is 18.2 Å². The number of hydrogen-bond acceptors (Lipinski definition) is 5. The van der Waals surface area contributed by atoms with Crippen molar-refractivity contribution in [1.82, 2.24) is 10.2 Å². The summed E-state index contributed by atoms with van der Waals surface area (Å²) < 4.78 is 27.9. The number of sulfonamides is 1. The molecular formula is C20H24BrN3O5S. The average Bonchev–Trinajstić information content (AvgIpc) is 2.72. The molecule has 0 spiro atoms. The summed E-state index contributed by atoms with van der Waals surface area (Å²) in [7, 11) is -3.94. The standard InChI is InChI=1S/C20H24BrN3O5S/c21-15-8-7-11-17(14-15)30(28,29)24-18(20(26)23-27)12-5-2-6-13-19(25)22-16-9-3-1-4-10-16/h1,3-4,7-11,14,18,24,27H,2,5-6,12-13H2,(H,22,25)(H,23,26)/t18-/m0/s1. The first-order valence-electron chi connectivity index (χ1n) is 9.38. The highest BCUT2D eigenvalue weighted by molar-refractivity contribution is 9.10. The second-order valence-electron chi connectivity index (χ2n) is 6.62. The summed E-state index contributed by atoms with van der Waals surface area (Å²) in [4.78, 5) is 23.8. The Bertz CT molecular complexity index is 954. The molecule has 0 radical (unpaired) electrons. The Balaban J connectivity index is 1.82. The number of para-hydroxylation sites is 1. The number of anilines is 1. The van der Waals surface area contributed by atoms with Gasteiger partial charge < -0.3 is 5.32 Å². The molecule has 0 aliphatic rings. The van der Waals surface area contributed by atoms with Gasteiger partial charge in [0.1, 0.15) is 6.04 Å². The molecule has 10 heteroatoms. The summed E-state index contributed by atoms with van der Waals surface area (Å²) in [6, 6.07) is 14.1. The second-order valence-corrected chi connectivity index (χ2v) is 9.25. The fourth-order valence-electron chi connectivity index (χ4n) is 2.77. The Morgan fingerprint density at radius 1 is 1.00 bits per heavy atom. The van der Waals surface area contributed by atoms with E-state index in [0.29, 0.717) is 30.2 Å². The molecule has 0 saturated heterocycles. The van der Waals surface area contributed by atoms with Gasteiger partial charge in [0.05, 0.1) is 4.90 Å². The van der Waals surface area contributed by atoms with Crippen LogP contribution in [0.15, 0.2) is 64.0 Å². The minimum absolute atomic E-state index is 0.00481. The van der Waals surface area contributed by atoms with Crippen LogP contribution in [0.25, 0.3) is 0 Å². The van der Waals surface area contributed by atoms with Gasteiger partial charge in [-0.15, -0.1) is 0 Å². The average molecular weight is 498 g/mol. The van der Waals surface area contributed by atoms with E-state index >= 15 is 0 Å². The molecule has 0 fully saturated rings. The number of hydroxylamine groups is 1. The van der Waals surface area contributed by atoms with E-state index in [1.165, 1.54) is 17.6 Å². The van der Waals surface area contributed by atoms with E-state index in [-0.39, 0.29) is 17.2 Å². The molecule has 2 aromatic carbocycles. The van der Waals surface area contributed by atoms with Gasteiger partial charge in [-0.3, -0.25) is 14.8 Å². The molecule has 0 unspecified atom stereocenters. The fraction of sp³-hybridized carbons (Fsp3) is 0.300. The van der Waals surface area contributed by atoms with Crippen LogP contribution in [-0.4, -0.2) is 31.5 Å². The van der Waals surface area contributed by atoms with Gasteiger partial charge in [-0.2, -0.15) is 4.72 Å². The molecule has 0 aromatic heterocycles. The maximum atomic E-state index is 12.5. The molecule has 0 heterocycles. The van der Waals surface area contributed by atoms with Gasteiger partial charge in [0.15, 0.2) is 0 Å². The first kappa shape index (κ1) is 24.0. The number of amides is 2. The van der Waals surface area contributed by atoms with Crippen molar-refractivity contribution in [2.75, 3.05) is 5.32 Å². The third-order valence-electron chi connectivity index (χ3n) is 4.28. The van der Waals surface area contributed by atoms with Gasteiger partial charge in [-0.25, -0.2) is 13.9 Å². The highest BCUT2D eigenvalue weighted by Gasteiger charge is 2.25. The van der Waals surface area contributed by atoms with Gasteiger partial charge in [-0.1, -0.05) is 53.0 Å². The van der Waals surface area contributed by atoms with Crippen LogP contribution in [0.4, 0.5) is 5.69 Å². The third-order valence-corrected chi connectivity index (χ3v) is 6.25. The number of nitrogens with one attached hydrogen (secondary N) is 3. The first-order chi connectivity index (χ1) is 14.3. The zero-order valence-electron chi connectivity index (χ0n) is 16.2. The first-order valence-corrected chi connectivity index (χ1v) is 11.7. The maximum Gasteiger partial charge on any atom is 0.261 e. The molecule has 0 aliphatic heterocycles. The van der Waals surface area contributed by atoms with Gasteiger partial charge >= 0.3 is 0 Å². The fourth-order valence-corrected chi connectivity index (χ4v) is 4.59. The normalized spacial score (nSPS) is 12.2. The quantitative estimate of drug-likeness (QED) is 0.215. The lowest BCUT2D eigenvalue weighted by Crippen LogP contribution is -2.45. The zero-order chi connectivity index (χ0) is 22.0. The molecule has 2 amide bonds. The van der Waals surface area contributed by atoms with Crippen molar-refractivity contribution in [3.8, 4) is 0 Å². The molecule has 30 heavy (non-hydrogen) atoms. The van der Waals surface area contributed by atoms with Gasteiger partial charge in [0.25, 0.3) is 5.91 Å². The summed E-state index contributed by atoms with van der Waals surface area (Å²) in [5, 5.41) is 11.7. The number of carbonyl (C=O) groups is 2. The minimum Gasteiger partial charge on any atom is -0.326 e. The van der Waals surface area contributed by atoms with Crippen LogP contribution in [0, 0.1) is 0 Å². The van der Waals surface area contributed by atoms with Crippen LogP contribution in [0.2, 0.25) is 0 Å². The summed E-state index contributed by atoms with van der Waals surface area (Å²) in [6.45, 7) is 0. The summed E-state index contributed by atoms with van der Waals surface area (Å²) in [5.41, 5.74) is 2.22. The molecule has 162 valence electrons. The van der Waals surface area contributed by atoms with Crippen molar-refractivity contribution in [1.29, 1.82) is 0 Å². The van der Waals surface area contributed by atoms with Crippen LogP contribution in [-0.2, 0) is 19.6 Å². The van der Waals surface area contributed by atoms with Crippen molar-refractivity contribution >= 4 is 43.5 Å². The van der Waals surface area contributed by atoms with Crippen LogP contribution < -0.4 is 15.5 Å². The topological polar surface area (TPSA) is 125 Å². The highest BCUT2D eigenvalue weighted by Crippen LogP contribution is 2.17. The summed E-state index contributed by atoms with van der Waals surface area (Å²) in [6.07, 6.45) is 2.20. The molecule has 4 N–H and O–H groups in total. The molecule has 2 rings (SSSR count). The lowest BCUT2D eigenvalue weighted by molar-refractivity contribution is -0.131. The number of unbranched alkanes of at least 4 members (excludes halogenated alkanes) is 2. The van der Waals surface area contributed by atoms with Crippen molar-refractivity contribution in [2.24, 2.45) is 0 Å². The number of hydrogen-bond donors (Lipinski definition) is 4. The molecule has 0 saturated carbocycles. The predicted molar refractivity (Wildman–Crippen MR) is 116 cm³/mol. The number of benzene rings is 2.